The van der Waals surface area contributed by atoms with Crippen LogP contribution in [0.15, 0.2) is 50.4 Å². The zero-order valence-corrected chi connectivity index (χ0v) is 19.8. The van der Waals surface area contributed by atoms with Gasteiger partial charge in [-0.2, -0.15) is 5.10 Å². The fourth-order valence-corrected chi connectivity index (χ4v) is 3.70. The molecule has 0 atom stereocenters. The van der Waals surface area contributed by atoms with Gasteiger partial charge in [0.1, 0.15) is 6.61 Å². The molecule has 3 rings (SSSR count). The highest BCUT2D eigenvalue weighted by molar-refractivity contribution is 9.10. The van der Waals surface area contributed by atoms with Crippen LogP contribution in [0.3, 0.4) is 0 Å². The third-order valence-electron chi connectivity index (χ3n) is 4.33. The Labute approximate surface area is 192 Å². The summed E-state index contributed by atoms with van der Waals surface area (Å²) >= 11 is 6.93. The molecule has 1 saturated heterocycles. The molecule has 160 valence electrons. The minimum Gasteiger partial charge on any atom is -0.493 e. The zero-order valence-electron chi connectivity index (χ0n) is 16.6. The van der Waals surface area contributed by atoms with Gasteiger partial charge in [-0.05, 0) is 58.2 Å². The first kappa shape index (κ1) is 22.7. The topological polar surface area (TPSA) is 78.4 Å². The molecule has 0 unspecified atom stereocenters. The Balaban J connectivity index is 1.61. The Kier molecular flexibility index (Phi) is 7.87. The molecular weight excluding hydrogens is 520 g/mol. The average Bonchev–Trinajstić information content (AvgIpc) is 3.13. The maximum Gasteiger partial charge on any atom is 0.245 e. The van der Waals surface area contributed by atoms with Gasteiger partial charge in [0.15, 0.2) is 17.3 Å². The van der Waals surface area contributed by atoms with Crippen molar-refractivity contribution in [2.75, 3.05) is 20.3 Å². The molecule has 30 heavy (non-hydrogen) atoms. The lowest BCUT2D eigenvalue weighted by Crippen LogP contribution is -2.33. The van der Waals surface area contributed by atoms with Gasteiger partial charge in [0, 0.05) is 4.47 Å². The van der Waals surface area contributed by atoms with Crippen LogP contribution >= 0.6 is 31.9 Å². The van der Waals surface area contributed by atoms with E-state index < -0.39 is 5.79 Å². The molecule has 0 aromatic heterocycles. The number of hydrazone groups is 1. The van der Waals surface area contributed by atoms with Crippen molar-refractivity contribution >= 4 is 44.0 Å². The predicted molar refractivity (Wildman–Crippen MR) is 120 cm³/mol. The van der Waals surface area contributed by atoms with Crippen LogP contribution in [-0.2, 0) is 20.9 Å². The molecule has 0 saturated carbocycles. The fraction of sp³-hybridized carbons (Fsp3) is 0.333. The number of carbonyl (C=O) groups excluding carboxylic acids is 1. The highest BCUT2D eigenvalue weighted by Crippen LogP contribution is 2.37. The molecule has 1 aliphatic rings. The van der Waals surface area contributed by atoms with E-state index in [2.05, 4.69) is 42.4 Å². The van der Waals surface area contributed by atoms with Gasteiger partial charge in [-0.25, -0.2) is 5.43 Å². The van der Waals surface area contributed by atoms with Crippen LogP contribution in [0, 0.1) is 0 Å². The Morgan fingerprint density at radius 3 is 2.60 bits per heavy atom. The Morgan fingerprint density at radius 1 is 1.23 bits per heavy atom. The van der Waals surface area contributed by atoms with Crippen LogP contribution in [0.4, 0.5) is 0 Å². The molecule has 0 aliphatic carbocycles. The summed E-state index contributed by atoms with van der Waals surface area (Å²) < 4.78 is 24.0. The first-order chi connectivity index (χ1) is 14.4. The van der Waals surface area contributed by atoms with E-state index in [1.807, 2.05) is 30.3 Å². The maximum atomic E-state index is 12.0. The van der Waals surface area contributed by atoms with Gasteiger partial charge in [0.25, 0.3) is 0 Å². The van der Waals surface area contributed by atoms with E-state index in [-0.39, 0.29) is 12.3 Å². The first-order valence-electron chi connectivity index (χ1n) is 9.23. The van der Waals surface area contributed by atoms with E-state index in [1.54, 1.807) is 20.1 Å². The average molecular weight is 542 g/mol. The minimum atomic E-state index is -0.889. The summed E-state index contributed by atoms with van der Waals surface area (Å²) in [6.07, 6.45) is 1.60. The van der Waals surface area contributed by atoms with Gasteiger partial charge in [0.05, 0.1) is 37.4 Å². The lowest BCUT2D eigenvalue weighted by Gasteiger charge is -2.20. The normalized spacial score (nSPS) is 15.3. The SMILES string of the molecule is COc1cc(/C=N\NC(=O)CC2(C)OCCO2)cc(Br)c1OCc1ccc(Br)cc1. The van der Waals surface area contributed by atoms with Gasteiger partial charge in [0.2, 0.25) is 5.91 Å². The lowest BCUT2D eigenvalue weighted by molar-refractivity contribution is -0.159. The molecular formula is C21H22Br2N2O5. The van der Waals surface area contributed by atoms with Crippen molar-refractivity contribution in [2.24, 2.45) is 5.10 Å². The summed E-state index contributed by atoms with van der Waals surface area (Å²) in [5.74, 6) is -0.0460. The summed E-state index contributed by atoms with van der Waals surface area (Å²) in [6.45, 7) is 3.10. The molecule has 2 aromatic carbocycles. The van der Waals surface area contributed by atoms with Gasteiger partial charge in [-0.15, -0.1) is 0 Å². The van der Waals surface area contributed by atoms with E-state index in [9.17, 15) is 4.79 Å². The number of hydrogen-bond acceptors (Lipinski definition) is 6. The molecule has 7 nitrogen and oxygen atoms in total. The van der Waals surface area contributed by atoms with Crippen LogP contribution < -0.4 is 14.9 Å². The molecule has 0 radical (unpaired) electrons. The maximum absolute atomic E-state index is 12.0. The number of halogens is 2. The number of ether oxygens (including phenoxy) is 4. The number of rotatable bonds is 8. The second-order valence-electron chi connectivity index (χ2n) is 6.75. The van der Waals surface area contributed by atoms with E-state index in [1.165, 1.54) is 6.21 Å². The molecule has 1 N–H and O–H groups in total. The number of methoxy groups -OCH3 is 1. The van der Waals surface area contributed by atoms with Crippen molar-refractivity contribution in [3.05, 3.63) is 56.5 Å². The number of hydrogen-bond donors (Lipinski definition) is 1. The van der Waals surface area contributed by atoms with E-state index in [0.717, 1.165) is 15.6 Å². The van der Waals surface area contributed by atoms with Gasteiger partial charge in [-0.1, -0.05) is 28.1 Å². The molecule has 9 heteroatoms. The summed E-state index contributed by atoms with van der Waals surface area (Å²) in [4.78, 5) is 12.0. The Morgan fingerprint density at radius 2 is 1.93 bits per heavy atom. The second kappa shape index (κ2) is 10.4. The third-order valence-corrected chi connectivity index (χ3v) is 5.45. The summed E-state index contributed by atoms with van der Waals surface area (Å²) in [5.41, 5.74) is 4.25. The predicted octanol–water partition coefficient (Wildman–Crippen LogP) is 4.40. The van der Waals surface area contributed by atoms with Gasteiger partial charge < -0.3 is 18.9 Å². The number of amides is 1. The monoisotopic (exact) mass is 540 g/mol. The number of benzene rings is 2. The summed E-state index contributed by atoms with van der Waals surface area (Å²) in [6, 6.07) is 11.5. The molecule has 1 amide bonds. The molecule has 0 spiro atoms. The van der Waals surface area contributed by atoms with Crippen molar-refractivity contribution in [3.63, 3.8) is 0 Å². The minimum absolute atomic E-state index is 0.0696. The largest absolute Gasteiger partial charge is 0.493 e. The van der Waals surface area contributed by atoms with E-state index in [4.69, 9.17) is 18.9 Å². The molecule has 0 bridgehead atoms. The van der Waals surface area contributed by atoms with Gasteiger partial charge >= 0.3 is 0 Å². The molecule has 1 heterocycles. The van der Waals surface area contributed by atoms with Crippen molar-refractivity contribution in [1.29, 1.82) is 0 Å². The van der Waals surface area contributed by atoms with Crippen molar-refractivity contribution in [2.45, 2.75) is 25.7 Å². The first-order valence-corrected chi connectivity index (χ1v) is 10.8. The highest BCUT2D eigenvalue weighted by atomic mass is 79.9. The van der Waals surface area contributed by atoms with Crippen molar-refractivity contribution < 1.29 is 23.7 Å². The van der Waals surface area contributed by atoms with Gasteiger partial charge in [-0.3, -0.25) is 4.79 Å². The smallest absolute Gasteiger partial charge is 0.245 e. The Bertz CT molecular complexity index is 912. The lowest BCUT2D eigenvalue weighted by atomic mass is 10.2. The van der Waals surface area contributed by atoms with Crippen LogP contribution in [0.2, 0.25) is 0 Å². The standard InChI is InChI=1S/C21H22Br2N2O5/c1-21(29-7-8-30-21)11-19(26)25-24-12-15-9-17(23)20(18(10-15)27-2)28-13-14-3-5-16(22)6-4-14/h3-6,9-10,12H,7-8,11,13H2,1-2H3,(H,25,26)/b24-12-. The fourth-order valence-electron chi connectivity index (χ4n) is 2.86. The Hall–Kier alpha value is -1.94. The number of nitrogens with one attached hydrogen (secondary N) is 1. The van der Waals surface area contributed by atoms with Crippen LogP contribution in [0.1, 0.15) is 24.5 Å². The van der Waals surface area contributed by atoms with Crippen LogP contribution in [0.25, 0.3) is 0 Å². The van der Waals surface area contributed by atoms with Crippen molar-refractivity contribution in [1.82, 2.24) is 5.43 Å². The molecule has 2 aromatic rings. The van der Waals surface area contributed by atoms with Crippen molar-refractivity contribution in [3.8, 4) is 11.5 Å². The summed E-state index contributed by atoms with van der Waals surface area (Å²) in [7, 11) is 1.57. The van der Waals surface area contributed by atoms with Crippen LogP contribution in [0.5, 0.6) is 11.5 Å². The molecule has 1 fully saturated rings. The molecule has 1 aliphatic heterocycles. The van der Waals surface area contributed by atoms with E-state index >= 15 is 0 Å². The second-order valence-corrected chi connectivity index (χ2v) is 8.52. The quantitative estimate of drug-likeness (QED) is 0.396. The third kappa shape index (κ3) is 6.28. The van der Waals surface area contributed by atoms with E-state index in [0.29, 0.717) is 35.8 Å². The highest BCUT2D eigenvalue weighted by Gasteiger charge is 2.33. The number of carbonyl (C=O) groups is 1. The number of nitrogens with zero attached hydrogens (tertiary/aromatic N) is 1. The van der Waals surface area contributed by atoms with Crippen LogP contribution in [-0.4, -0.2) is 38.2 Å². The summed E-state index contributed by atoms with van der Waals surface area (Å²) in [5, 5.41) is 4.01. The zero-order chi connectivity index (χ0) is 21.6.